The van der Waals surface area contributed by atoms with Crippen LogP contribution in [0, 0.1) is 13.8 Å². The molecule has 0 radical (unpaired) electrons. The largest absolute Gasteiger partial charge is 0.273 e. The number of hydrogen-bond acceptors (Lipinski definition) is 2. The Morgan fingerprint density at radius 2 is 1.60 bits per heavy atom. The van der Waals surface area contributed by atoms with Crippen LogP contribution in [-0.4, -0.2) is 25.0 Å². The van der Waals surface area contributed by atoms with Crippen molar-refractivity contribution in [1.29, 1.82) is 0 Å². The monoisotopic (exact) mass is 206 g/mol. The normalized spacial score (nSPS) is 10.5. The van der Waals surface area contributed by atoms with Crippen molar-refractivity contribution in [1.82, 2.24) is 5.01 Å². The molecule has 1 aromatic carbocycles. The maximum absolute atomic E-state index is 11.6. The molecule has 0 aliphatic rings. The van der Waals surface area contributed by atoms with Gasteiger partial charge in [0, 0.05) is 21.0 Å². The van der Waals surface area contributed by atoms with Crippen LogP contribution in [0.4, 0.5) is 5.69 Å². The Bertz CT molecular complexity index is 352. The molecule has 1 aromatic rings. The van der Waals surface area contributed by atoms with E-state index < -0.39 is 0 Å². The molecule has 0 heterocycles. The van der Waals surface area contributed by atoms with Crippen LogP contribution in [-0.2, 0) is 4.79 Å². The Balaban J connectivity index is 3.28. The van der Waals surface area contributed by atoms with Gasteiger partial charge in [-0.2, -0.15) is 0 Å². The van der Waals surface area contributed by atoms with Crippen molar-refractivity contribution < 1.29 is 4.79 Å². The number of rotatable bonds is 2. The second kappa shape index (κ2) is 4.45. The zero-order valence-electron chi connectivity index (χ0n) is 10.0. The van der Waals surface area contributed by atoms with Gasteiger partial charge in [-0.05, 0) is 25.0 Å². The SMILES string of the molecule is CC(=O)N(c1c(C)cccc1C)N(C)C. The van der Waals surface area contributed by atoms with Crippen molar-refractivity contribution in [3.63, 3.8) is 0 Å². The number of hydrazine groups is 1. The standard InChI is InChI=1S/C12H18N2O/c1-9-7-6-8-10(2)12(9)14(11(3)15)13(4)5/h6-8H,1-5H3. The van der Waals surface area contributed by atoms with Crippen LogP contribution >= 0.6 is 0 Å². The van der Waals surface area contributed by atoms with E-state index in [0.29, 0.717) is 0 Å². The summed E-state index contributed by atoms with van der Waals surface area (Å²) in [5.74, 6) is 0.0254. The first-order chi connectivity index (χ1) is 6.95. The average molecular weight is 206 g/mol. The molecule has 0 saturated heterocycles. The number of amides is 1. The van der Waals surface area contributed by atoms with Crippen molar-refractivity contribution >= 4 is 11.6 Å². The summed E-state index contributed by atoms with van der Waals surface area (Å²) >= 11 is 0. The van der Waals surface area contributed by atoms with Crippen LogP contribution in [0.25, 0.3) is 0 Å². The molecule has 1 rings (SSSR count). The molecule has 0 saturated carbocycles. The lowest BCUT2D eigenvalue weighted by Gasteiger charge is -2.30. The summed E-state index contributed by atoms with van der Waals surface area (Å²) in [6.07, 6.45) is 0. The lowest BCUT2D eigenvalue weighted by molar-refractivity contribution is -0.118. The van der Waals surface area contributed by atoms with Crippen molar-refractivity contribution in [3.05, 3.63) is 29.3 Å². The van der Waals surface area contributed by atoms with Gasteiger partial charge in [-0.15, -0.1) is 0 Å². The number of anilines is 1. The molecule has 0 N–H and O–H groups in total. The fourth-order valence-corrected chi connectivity index (χ4v) is 1.78. The summed E-state index contributed by atoms with van der Waals surface area (Å²) < 4.78 is 0. The highest BCUT2D eigenvalue weighted by atomic mass is 16.2. The number of carbonyl (C=O) groups excluding carboxylic acids is 1. The van der Waals surface area contributed by atoms with Crippen molar-refractivity contribution in [3.8, 4) is 0 Å². The minimum absolute atomic E-state index is 0.0254. The zero-order valence-corrected chi connectivity index (χ0v) is 10.0. The van der Waals surface area contributed by atoms with Crippen LogP contribution in [0.3, 0.4) is 0 Å². The number of aryl methyl sites for hydroxylation is 2. The molecule has 0 aromatic heterocycles. The molecule has 0 atom stereocenters. The smallest absolute Gasteiger partial charge is 0.238 e. The lowest BCUT2D eigenvalue weighted by atomic mass is 10.1. The highest BCUT2D eigenvalue weighted by Gasteiger charge is 2.17. The summed E-state index contributed by atoms with van der Waals surface area (Å²) in [6.45, 7) is 5.61. The van der Waals surface area contributed by atoms with E-state index in [1.54, 1.807) is 16.9 Å². The van der Waals surface area contributed by atoms with Crippen LogP contribution in [0.15, 0.2) is 18.2 Å². The molecule has 15 heavy (non-hydrogen) atoms. The Labute approximate surface area is 91.3 Å². The summed E-state index contributed by atoms with van der Waals surface area (Å²) in [5.41, 5.74) is 3.20. The topological polar surface area (TPSA) is 23.6 Å². The van der Waals surface area contributed by atoms with Crippen LogP contribution in [0.1, 0.15) is 18.1 Å². The molecule has 0 unspecified atom stereocenters. The summed E-state index contributed by atoms with van der Waals surface area (Å²) in [6, 6.07) is 6.03. The van der Waals surface area contributed by atoms with Gasteiger partial charge in [0.1, 0.15) is 0 Å². The van der Waals surface area contributed by atoms with Crippen LogP contribution < -0.4 is 5.01 Å². The predicted octanol–water partition coefficient (Wildman–Crippen LogP) is 2.13. The molecule has 0 bridgehead atoms. The fourth-order valence-electron chi connectivity index (χ4n) is 1.78. The maximum Gasteiger partial charge on any atom is 0.238 e. The van der Waals surface area contributed by atoms with E-state index in [2.05, 4.69) is 0 Å². The first-order valence-corrected chi connectivity index (χ1v) is 4.99. The van der Waals surface area contributed by atoms with Gasteiger partial charge in [0.05, 0.1) is 5.69 Å². The predicted molar refractivity (Wildman–Crippen MR) is 62.8 cm³/mol. The molecule has 0 aliphatic heterocycles. The van der Waals surface area contributed by atoms with Crippen LogP contribution in [0.2, 0.25) is 0 Å². The first kappa shape index (κ1) is 11.7. The Hall–Kier alpha value is -1.35. The van der Waals surface area contributed by atoms with Gasteiger partial charge < -0.3 is 0 Å². The van der Waals surface area contributed by atoms with E-state index in [-0.39, 0.29) is 5.91 Å². The molecular weight excluding hydrogens is 188 g/mol. The quantitative estimate of drug-likeness (QED) is 0.692. The molecule has 1 amide bonds. The molecular formula is C12H18N2O. The van der Waals surface area contributed by atoms with E-state index in [4.69, 9.17) is 0 Å². The summed E-state index contributed by atoms with van der Waals surface area (Å²) in [7, 11) is 3.74. The maximum atomic E-state index is 11.6. The fraction of sp³-hybridized carbons (Fsp3) is 0.417. The van der Waals surface area contributed by atoms with Gasteiger partial charge >= 0.3 is 0 Å². The highest BCUT2D eigenvalue weighted by molar-refractivity contribution is 5.92. The van der Waals surface area contributed by atoms with Gasteiger partial charge in [0.2, 0.25) is 5.91 Å². The van der Waals surface area contributed by atoms with E-state index in [1.165, 1.54) is 0 Å². The van der Waals surface area contributed by atoms with Crippen molar-refractivity contribution in [2.24, 2.45) is 0 Å². The zero-order chi connectivity index (χ0) is 11.6. The first-order valence-electron chi connectivity index (χ1n) is 4.99. The van der Waals surface area contributed by atoms with Gasteiger partial charge in [0.25, 0.3) is 0 Å². The van der Waals surface area contributed by atoms with E-state index >= 15 is 0 Å². The van der Waals surface area contributed by atoms with Crippen LogP contribution in [0.5, 0.6) is 0 Å². The van der Waals surface area contributed by atoms with E-state index in [1.807, 2.05) is 46.1 Å². The molecule has 3 nitrogen and oxygen atoms in total. The molecule has 3 heteroatoms. The second-order valence-electron chi connectivity index (χ2n) is 3.92. The van der Waals surface area contributed by atoms with Gasteiger partial charge in [-0.25, -0.2) is 10.0 Å². The van der Waals surface area contributed by atoms with Gasteiger partial charge in [-0.1, -0.05) is 18.2 Å². The summed E-state index contributed by atoms with van der Waals surface area (Å²) in [5, 5.41) is 3.49. The summed E-state index contributed by atoms with van der Waals surface area (Å²) in [4.78, 5) is 11.6. The van der Waals surface area contributed by atoms with Crippen molar-refractivity contribution in [2.45, 2.75) is 20.8 Å². The van der Waals surface area contributed by atoms with Gasteiger partial charge in [0.15, 0.2) is 0 Å². The lowest BCUT2D eigenvalue weighted by Crippen LogP contribution is -2.41. The minimum atomic E-state index is 0.0254. The second-order valence-corrected chi connectivity index (χ2v) is 3.92. The number of benzene rings is 1. The molecule has 0 aliphatic carbocycles. The van der Waals surface area contributed by atoms with E-state index in [9.17, 15) is 4.79 Å². The Morgan fingerprint density at radius 3 is 1.93 bits per heavy atom. The third kappa shape index (κ3) is 2.36. The third-order valence-corrected chi connectivity index (χ3v) is 2.35. The highest BCUT2D eigenvalue weighted by Crippen LogP contribution is 2.25. The minimum Gasteiger partial charge on any atom is -0.273 e. The van der Waals surface area contributed by atoms with Gasteiger partial charge in [-0.3, -0.25) is 4.79 Å². The third-order valence-electron chi connectivity index (χ3n) is 2.35. The molecule has 0 spiro atoms. The average Bonchev–Trinajstić information content (AvgIpc) is 2.09. The Morgan fingerprint density at radius 1 is 1.13 bits per heavy atom. The van der Waals surface area contributed by atoms with E-state index in [0.717, 1.165) is 16.8 Å². The number of carbonyl (C=O) groups is 1. The van der Waals surface area contributed by atoms with Crippen molar-refractivity contribution in [2.75, 3.05) is 19.1 Å². The molecule has 82 valence electrons. The molecule has 0 fully saturated rings. The number of para-hydroxylation sites is 1. The number of hydrogen-bond donors (Lipinski definition) is 0. The Kier molecular flexibility index (Phi) is 3.48. The number of nitrogens with zero attached hydrogens (tertiary/aromatic N) is 2.